The van der Waals surface area contributed by atoms with Gasteiger partial charge in [0.2, 0.25) is 0 Å². The zero-order valence-electron chi connectivity index (χ0n) is 23.3. The summed E-state index contributed by atoms with van der Waals surface area (Å²) in [4.78, 5) is 17.7. The number of ether oxygens (including phenoxy) is 2. The first-order valence-corrected chi connectivity index (χ1v) is 17.4. The van der Waals surface area contributed by atoms with Crippen molar-refractivity contribution in [2.24, 2.45) is 0 Å². The number of pyridine rings is 1. The van der Waals surface area contributed by atoms with Crippen molar-refractivity contribution < 1.29 is 27.4 Å². The first-order valence-electron chi connectivity index (χ1n) is 13.3. The van der Waals surface area contributed by atoms with Gasteiger partial charge in [-0.15, -0.1) is 0 Å². The topological polar surface area (TPSA) is 65.4 Å². The SMILES string of the molecule is C[Si](C)(C)CCOCn1ccc2c(Oc3cccc4c(C(=O)Nc5cccc(C(F)(F)F)c5)cccc34)cc(Cl)nc21. The molecule has 218 valence electrons. The van der Waals surface area contributed by atoms with E-state index in [1.807, 2.05) is 22.9 Å². The standard InChI is InChI=1S/C31H29ClF3N3O3Si/c1-42(2,3)16-15-40-19-38-14-13-25-27(18-28(32)37-29(25)38)41-26-12-6-9-22-23(26)10-5-11-24(22)30(39)36-21-8-4-7-20(17-21)31(33,34)35/h4-14,17-18H,15-16,19H2,1-3H3,(H,36,39). The van der Waals surface area contributed by atoms with Gasteiger partial charge < -0.3 is 19.4 Å². The van der Waals surface area contributed by atoms with E-state index in [0.717, 1.165) is 23.6 Å². The number of anilines is 1. The molecule has 0 saturated carbocycles. The predicted octanol–water partition coefficient (Wildman–Crippen LogP) is 9.22. The highest BCUT2D eigenvalue weighted by Crippen LogP contribution is 2.37. The van der Waals surface area contributed by atoms with E-state index in [1.165, 1.54) is 12.1 Å². The van der Waals surface area contributed by atoms with Gasteiger partial charge in [-0.2, -0.15) is 13.2 Å². The van der Waals surface area contributed by atoms with Gasteiger partial charge in [-0.1, -0.05) is 61.6 Å². The number of halogens is 4. The molecule has 0 aliphatic carbocycles. The quantitative estimate of drug-likeness (QED) is 0.102. The molecule has 0 bridgehead atoms. The number of aromatic nitrogens is 2. The van der Waals surface area contributed by atoms with E-state index in [1.54, 1.807) is 36.4 Å². The van der Waals surface area contributed by atoms with Crippen molar-refractivity contribution in [2.45, 2.75) is 38.6 Å². The molecule has 0 aliphatic rings. The van der Waals surface area contributed by atoms with E-state index < -0.39 is 25.7 Å². The van der Waals surface area contributed by atoms with Crippen molar-refractivity contribution in [1.82, 2.24) is 9.55 Å². The molecule has 0 spiro atoms. The molecule has 3 aromatic carbocycles. The van der Waals surface area contributed by atoms with Crippen molar-refractivity contribution in [3.8, 4) is 11.5 Å². The fourth-order valence-electron chi connectivity index (χ4n) is 4.49. The first-order chi connectivity index (χ1) is 19.9. The summed E-state index contributed by atoms with van der Waals surface area (Å²) in [5.41, 5.74) is 0.104. The van der Waals surface area contributed by atoms with Gasteiger partial charge in [0.25, 0.3) is 5.91 Å². The number of fused-ring (bicyclic) bond motifs is 2. The van der Waals surface area contributed by atoms with E-state index in [-0.39, 0.29) is 16.4 Å². The smallest absolute Gasteiger partial charge is 0.416 e. The third-order valence-corrected chi connectivity index (χ3v) is 8.58. The highest BCUT2D eigenvalue weighted by molar-refractivity contribution is 6.76. The van der Waals surface area contributed by atoms with E-state index in [2.05, 4.69) is 29.9 Å². The number of carbonyl (C=O) groups excluding carboxylic acids is 1. The lowest BCUT2D eigenvalue weighted by atomic mass is 10.0. The number of amides is 1. The molecular weight excluding hydrogens is 583 g/mol. The van der Waals surface area contributed by atoms with Crippen molar-refractivity contribution >= 4 is 53.1 Å². The van der Waals surface area contributed by atoms with Gasteiger partial charge in [0.05, 0.1) is 10.9 Å². The molecule has 42 heavy (non-hydrogen) atoms. The molecule has 0 unspecified atom stereocenters. The number of nitrogens with one attached hydrogen (secondary N) is 1. The zero-order chi connectivity index (χ0) is 30.1. The minimum absolute atomic E-state index is 0.0435. The second-order valence-corrected chi connectivity index (χ2v) is 17.1. The summed E-state index contributed by atoms with van der Waals surface area (Å²) < 4.78 is 53.6. The molecule has 1 amide bonds. The fourth-order valence-corrected chi connectivity index (χ4v) is 5.42. The number of hydrogen-bond donors (Lipinski definition) is 1. The maximum absolute atomic E-state index is 13.2. The van der Waals surface area contributed by atoms with E-state index in [0.29, 0.717) is 41.3 Å². The molecule has 11 heteroatoms. The Kier molecular flexibility index (Phi) is 8.32. The van der Waals surface area contributed by atoms with Gasteiger partial charge in [-0.25, -0.2) is 4.98 Å². The van der Waals surface area contributed by atoms with Crippen molar-refractivity contribution in [3.63, 3.8) is 0 Å². The molecule has 0 saturated heterocycles. The minimum Gasteiger partial charge on any atom is -0.456 e. The number of carbonyl (C=O) groups is 1. The lowest BCUT2D eigenvalue weighted by Crippen LogP contribution is -2.22. The number of alkyl halides is 3. The summed E-state index contributed by atoms with van der Waals surface area (Å²) >= 11 is 6.38. The van der Waals surface area contributed by atoms with E-state index in [9.17, 15) is 18.0 Å². The minimum atomic E-state index is -4.52. The zero-order valence-corrected chi connectivity index (χ0v) is 25.0. The first kappa shape index (κ1) is 29.6. The van der Waals surface area contributed by atoms with Gasteiger partial charge in [0.1, 0.15) is 29.0 Å². The second-order valence-electron chi connectivity index (χ2n) is 11.1. The Hall–Kier alpha value is -3.86. The van der Waals surface area contributed by atoms with Crippen LogP contribution in [0.5, 0.6) is 11.5 Å². The van der Waals surface area contributed by atoms with Crippen molar-refractivity contribution in [3.05, 3.63) is 95.3 Å². The van der Waals surface area contributed by atoms with E-state index >= 15 is 0 Å². The summed E-state index contributed by atoms with van der Waals surface area (Å²) in [7, 11) is -1.21. The average Bonchev–Trinajstić information content (AvgIpc) is 3.33. The number of nitrogens with zero attached hydrogens (tertiary/aromatic N) is 2. The van der Waals surface area contributed by atoms with Crippen LogP contribution in [0.4, 0.5) is 18.9 Å². The van der Waals surface area contributed by atoms with Gasteiger partial charge >= 0.3 is 6.18 Å². The Labute approximate surface area is 247 Å². The Balaban J connectivity index is 1.41. The Morgan fingerprint density at radius 1 is 0.952 bits per heavy atom. The Bertz CT molecular complexity index is 1770. The van der Waals surface area contributed by atoms with Crippen LogP contribution in [0.3, 0.4) is 0 Å². The predicted molar refractivity (Wildman–Crippen MR) is 162 cm³/mol. The molecule has 0 aliphatic heterocycles. The Morgan fingerprint density at radius 2 is 1.69 bits per heavy atom. The molecule has 6 nitrogen and oxygen atoms in total. The highest BCUT2D eigenvalue weighted by atomic mass is 35.5. The fraction of sp³-hybridized carbons (Fsp3) is 0.226. The normalized spacial score (nSPS) is 12.2. The van der Waals surface area contributed by atoms with Gasteiger partial charge in [-0.3, -0.25) is 4.79 Å². The Morgan fingerprint density at radius 3 is 2.45 bits per heavy atom. The van der Waals surface area contributed by atoms with Crippen LogP contribution in [0.2, 0.25) is 30.8 Å². The molecule has 0 atom stereocenters. The summed E-state index contributed by atoms with van der Waals surface area (Å²) in [5, 5.41) is 4.78. The average molecular weight is 612 g/mol. The van der Waals surface area contributed by atoms with Gasteiger partial charge in [-0.05, 0) is 47.8 Å². The van der Waals surface area contributed by atoms with Crippen LogP contribution >= 0.6 is 11.6 Å². The summed E-state index contributed by atoms with van der Waals surface area (Å²) in [5.74, 6) is 0.415. The van der Waals surface area contributed by atoms with E-state index in [4.69, 9.17) is 21.1 Å². The van der Waals surface area contributed by atoms with Crippen LogP contribution in [0, 0.1) is 0 Å². The van der Waals surface area contributed by atoms with Crippen LogP contribution in [0.1, 0.15) is 15.9 Å². The molecule has 1 N–H and O–H groups in total. The molecule has 5 rings (SSSR count). The van der Waals surface area contributed by atoms with Crippen molar-refractivity contribution in [1.29, 1.82) is 0 Å². The number of hydrogen-bond acceptors (Lipinski definition) is 4. The lowest BCUT2D eigenvalue weighted by molar-refractivity contribution is -0.137. The second kappa shape index (κ2) is 11.8. The largest absolute Gasteiger partial charge is 0.456 e. The molecular formula is C31H29ClF3N3O3Si. The van der Waals surface area contributed by atoms with Crippen molar-refractivity contribution in [2.75, 3.05) is 11.9 Å². The third kappa shape index (κ3) is 6.78. The van der Waals surface area contributed by atoms with Crippen LogP contribution in [0.25, 0.3) is 21.8 Å². The monoisotopic (exact) mass is 611 g/mol. The number of rotatable bonds is 9. The molecule has 2 aromatic heterocycles. The summed E-state index contributed by atoms with van der Waals surface area (Å²) in [6.07, 6.45) is -2.65. The molecule has 0 radical (unpaired) electrons. The summed E-state index contributed by atoms with van der Waals surface area (Å²) in [6, 6.07) is 19.5. The summed E-state index contributed by atoms with van der Waals surface area (Å²) in [6.45, 7) is 7.89. The number of benzene rings is 3. The maximum Gasteiger partial charge on any atom is 0.416 e. The van der Waals surface area contributed by atoms with Crippen LogP contribution in [0.15, 0.2) is 79.0 Å². The van der Waals surface area contributed by atoms with Crippen LogP contribution in [-0.2, 0) is 17.6 Å². The molecule has 0 fully saturated rings. The highest BCUT2D eigenvalue weighted by Gasteiger charge is 2.30. The van der Waals surface area contributed by atoms with Crippen LogP contribution < -0.4 is 10.1 Å². The van der Waals surface area contributed by atoms with Gasteiger partial charge in [0, 0.05) is 43.6 Å². The maximum atomic E-state index is 13.2. The molecule has 2 heterocycles. The molecule has 5 aromatic rings. The van der Waals surface area contributed by atoms with Crippen LogP contribution in [-0.4, -0.2) is 30.1 Å². The third-order valence-electron chi connectivity index (χ3n) is 6.68. The lowest BCUT2D eigenvalue weighted by Gasteiger charge is -2.16. The van der Waals surface area contributed by atoms with Gasteiger partial charge in [0.15, 0.2) is 0 Å².